The lowest BCUT2D eigenvalue weighted by Gasteiger charge is -2.18. The second-order valence-electron chi connectivity index (χ2n) is 6.88. The molecule has 7 heteroatoms. The van der Waals surface area contributed by atoms with Crippen molar-refractivity contribution in [3.05, 3.63) is 70.5 Å². The molecule has 2 aromatic carbocycles. The van der Waals surface area contributed by atoms with E-state index in [1.807, 2.05) is 38.1 Å². The summed E-state index contributed by atoms with van der Waals surface area (Å²) in [6.07, 6.45) is 0.400. The van der Waals surface area contributed by atoms with E-state index >= 15 is 0 Å². The van der Waals surface area contributed by atoms with E-state index < -0.39 is 6.04 Å². The van der Waals surface area contributed by atoms with Gasteiger partial charge in [-0.25, -0.2) is 4.68 Å². The van der Waals surface area contributed by atoms with E-state index in [-0.39, 0.29) is 11.5 Å². The molecule has 0 unspecified atom stereocenters. The molecule has 0 fully saturated rings. The molecule has 1 N–H and O–H groups in total. The molecule has 3 rings (SSSR count). The summed E-state index contributed by atoms with van der Waals surface area (Å²) >= 11 is 0. The molecule has 0 spiro atoms. The zero-order chi connectivity index (χ0) is 21.7. The van der Waals surface area contributed by atoms with Crippen LogP contribution in [0.1, 0.15) is 24.9 Å². The highest BCUT2D eigenvalue weighted by Gasteiger charge is 2.22. The highest BCUT2D eigenvalue weighted by atomic mass is 16.5. The Balaban J connectivity index is 1.92. The third-order valence-corrected chi connectivity index (χ3v) is 4.78. The number of anilines is 1. The molecule has 0 saturated carbocycles. The Morgan fingerprint density at radius 1 is 1.03 bits per heavy atom. The first-order chi connectivity index (χ1) is 14.4. The van der Waals surface area contributed by atoms with Crippen LogP contribution in [0.5, 0.6) is 11.5 Å². The first kappa shape index (κ1) is 21.1. The molecule has 0 radical (unpaired) electrons. The van der Waals surface area contributed by atoms with E-state index in [4.69, 9.17) is 9.47 Å². The van der Waals surface area contributed by atoms with Gasteiger partial charge in [0.15, 0.2) is 0 Å². The number of benzene rings is 2. The monoisotopic (exact) mass is 407 g/mol. The van der Waals surface area contributed by atoms with Crippen LogP contribution in [0.25, 0.3) is 11.3 Å². The van der Waals surface area contributed by atoms with E-state index in [0.29, 0.717) is 29.3 Å². The van der Waals surface area contributed by atoms with Crippen LogP contribution in [0.2, 0.25) is 0 Å². The number of rotatable bonds is 7. The zero-order valence-corrected chi connectivity index (χ0v) is 17.5. The molecule has 7 nitrogen and oxygen atoms in total. The van der Waals surface area contributed by atoms with Crippen molar-refractivity contribution in [2.45, 2.75) is 26.3 Å². The van der Waals surface area contributed by atoms with Crippen LogP contribution < -0.4 is 20.3 Å². The van der Waals surface area contributed by atoms with E-state index in [9.17, 15) is 9.59 Å². The van der Waals surface area contributed by atoms with Crippen LogP contribution in [0.4, 0.5) is 5.69 Å². The maximum atomic E-state index is 13.0. The smallest absolute Gasteiger partial charge is 0.267 e. The number of carbonyl (C=O) groups is 1. The second-order valence-corrected chi connectivity index (χ2v) is 6.88. The Morgan fingerprint density at radius 2 is 1.67 bits per heavy atom. The Kier molecular flexibility index (Phi) is 6.51. The number of nitrogens with zero attached hydrogens (tertiary/aromatic N) is 2. The average molecular weight is 407 g/mol. The molecule has 0 saturated heterocycles. The van der Waals surface area contributed by atoms with Gasteiger partial charge in [-0.2, -0.15) is 5.10 Å². The highest BCUT2D eigenvalue weighted by molar-refractivity contribution is 5.94. The number of amides is 1. The predicted molar refractivity (Wildman–Crippen MR) is 116 cm³/mol. The zero-order valence-electron chi connectivity index (χ0n) is 17.5. The number of aryl methyl sites for hydroxylation is 1. The quantitative estimate of drug-likeness (QED) is 0.644. The van der Waals surface area contributed by atoms with Gasteiger partial charge in [0, 0.05) is 35.5 Å². The summed E-state index contributed by atoms with van der Waals surface area (Å²) in [4.78, 5) is 25.5. The number of aromatic nitrogens is 2. The fourth-order valence-corrected chi connectivity index (χ4v) is 3.10. The summed E-state index contributed by atoms with van der Waals surface area (Å²) in [6.45, 7) is 3.84. The summed E-state index contributed by atoms with van der Waals surface area (Å²) in [5.41, 5.74) is 2.81. The van der Waals surface area contributed by atoms with E-state index in [1.54, 1.807) is 24.3 Å². The van der Waals surface area contributed by atoms with Crippen LogP contribution in [0, 0.1) is 6.92 Å². The molecule has 0 aliphatic heterocycles. The van der Waals surface area contributed by atoms with Gasteiger partial charge in [-0.1, -0.05) is 36.8 Å². The largest absolute Gasteiger partial charge is 0.497 e. The minimum atomic E-state index is -0.764. The maximum absolute atomic E-state index is 13.0. The van der Waals surface area contributed by atoms with Crippen LogP contribution in [-0.2, 0) is 4.79 Å². The first-order valence-electron chi connectivity index (χ1n) is 9.66. The Bertz CT molecular complexity index is 1070. The molecular formula is C23H25N3O4. The Hall–Kier alpha value is -3.61. The number of methoxy groups -OCH3 is 2. The van der Waals surface area contributed by atoms with Crippen molar-refractivity contribution >= 4 is 11.6 Å². The topological polar surface area (TPSA) is 82.4 Å². The minimum absolute atomic E-state index is 0.337. The van der Waals surface area contributed by atoms with Crippen LogP contribution in [0.15, 0.2) is 59.4 Å². The summed E-state index contributed by atoms with van der Waals surface area (Å²) in [7, 11) is 3.07. The van der Waals surface area contributed by atoms with Gasteiger partial charge in [-0.15, -0.1) is 0 Å². The SMILES string of the molecule is CC[C@H](C(=O)Nc1cc(OC)cc(OC)c1)n1nc(-c2ccc(C)cc2)ccc1=O. The standard InChI is InChI=1S/C23H25N3O4/c1-5-21(23(28)24-17-12-18(29-3)14-19(13-17)30-4)26-22(27)11-10-20(25-26)16-8-6-15(2)7-9-16/h6-14,21H,5H2,1-4H3,(H,24,28)/t21-/m1/s1. The van der Waals surface area contributed by atoms with Gasteiger partial charge in [0.25, 0.3) is 5.56 Å². The molecule has 0 aliphatic carbocycles. The van der Waals surface area contributed by atoms with Crippen LogP contribution in [-0.4, -0.2) is 29.9 Å². The van der Waals surface area contributed by atoms with E-state index in [0.717, 1.165) is 11.1 Å². The molecule has 0 aliphatic rings. The molecule has 30 heavy (non-hydrogen) atoms. The van der Waals surface area contributed by atoms with Crippen molar-refractivity contribution in [3.8, 4) is 22.8 Å². The van der Waals surface area contributed by atoms with Gasteiger partial charge in [0.05, 0.1) is 19.9 Å². The van der Waals surface area contributed by atoms with Gasteiger partial charge >= 0.3 is 0 Å². The fraction of sp³-hybridized carbons (Fsp3) is 0.261. The molecule has 1 heterocycles. The van der Waals surface area contributed by atoms with E-state index in [2.05, 4.69) is 10.4 Å². The van der Waals surface area contributed by atoms with Gasteiger partial charge < -0.3 is 14.8 Å². The van der Waals surface area contributed by atoms with Crippen molar-refractivity contribution in [1.82, 2.24) is 9.78 Å². The van der Waals surface area contributed by atoms with Crippen molar-refractivity contribution in [2.75, 3.05) is 19.5 Å². The maximum Gasteiger partial charge on any atom is 0.267 e. The Morgan fingerprint density at radius 3 is 2.23 bits per heavy atom. The second kappa shape index (κ2) is 9.26. The number of hydrogen-bond acceptors (Lipinski definition) is 5. The van der Waals surface area contributed by atoms with E-state index in [1.165, 1.54) is 25.0 Å². The Labute approximate surface area is 175 Å². The van der Waals surface area contributed by atoms with Crippen molar-refractivity contribution in [1.29, 1.82) is 0 Å². The fourth-order valence-electron chi connectivity index (χ4n) is 3.10. The van der Waals surface area contributed by atoms with Gasteiger partial charge in [-0.05, 0) is 19.4 Å². The first-order valence-corrected chi connectivity index (χ1v) is 9.66. The van der Waals surface area contributed by atoms with Gasteiger partial charge in [0.2, 0.25) is 5.91 Å². The summed E-state index contributed by atoms with van der Waals surface area (Å²) in [5, 5.41) is 7.30. The van der Waals surface area contributed by atoms with Crippen molar-refractivity contribution in [2.24, 2.45) is 0 Å². The third kappa shape index (κ3) is 4.68. The normalized spacial score (nSPS) is 11.6. The van der Waals surface area contributed by atoms with Crippen molar-refractivity contribution < 1.29 is 14.3 Å². The van der Waals surface area contributed by atoms with Gasteiger partial charge in [-0.3, -0.25) is 9.59 Å². The van der Waals surface area contributed by atoms with Crippen LogP contribution >= 0.6 is 0 Å². The summed E-state index contributed by atoms with van der Waals surface area (Å²) in [5.74, 6) is 0.757. The lowest BCUT2D eigenvalue weighted by Crippen LogP contribution is -2.34. The third-order valence-electron chi connectivity index (χ3n) is 4.78. The predicted octanol–water partition coefficient (Wildman–Crippen LogP) is 3.83. The van der Waals surface area contributed by atoms with Crippen molar-refractivity contribution in [3.63, 3.8) is 0 Å². The van der Waals surface area contributed by atoms with Crippen LogP contribution in [0.3, 0.4) is 0 Å². The molecule has 156 valence electrons. The number of ether oxygens (including phenoxy) is 2. The molecule has 1 amide bonds. The molecule has 3 aromatic rings. The summed E-state index contributed by atoms with van der Waals surface area (Å²) < 4.78 is 11.7. The number of hydrogen-bond donors (Lipinski definition) is 1. The number of nitrogens with one attached hydrogen (secondary N) is 1. The lowest BCUT2D eigenvalue weighted by atomic mass is 10.1. The molecule has 1 aromatic heterocycles. The summed E-state index contributed by atoms with van der Waals surface area (Å²) in [6, 6.07) is 15.3. The molecule has 0 bridgehead atoms. The lowest BCUT2D eigenvalue weighted by molar-refractivity contribution is -0.119. The van der Waals surface area contributed by atoms with Gasteiger partial charge in [0.1, 0.15) is 17.5 Å². The molecule has 1 atom stereocenters. The average Bonchev–Trinajstić information content (AvgIpc) is 2.75. The molecular weight excluding hydrogens is 382 g/mol. The number of carbonyl (C=O) groups excluding carboxylic acids is 1. The highest BCUT2D eigenvalue weighted by Crippen LogP contribution is 2.26. The minimum Gasteiger partial charge on any atom is -0.497 e.